The van der Waals surface area contributed by atoms with Crippen molar-refractivity contribution in [1.82, 2.24) is 4.98 Å². The zero-order valence-electron chi connectivity index (χ0n) is 16.0. The number of nitrogens with one attached hydrogen (secondary N) is 1. The van der Waals surface area contributed by atoms with Crippen LogP contribution in [0.2, 0.25) is 15.1 Å². The van der Waals surface area contributed by atoms with Crippen molar-refractivity contribution in [2.45, 2.75) is 17.7 Å². The molecule has 0 saturated carbocycles. The number of hydrogen-bond acceptors (Lipinski definition) is 4. The summed E-state index contributed by atoms with van der Waals surface area (Å²) in [5, 5.41) is 3.44. The molecule has 3 aromatic rings. The number of sulfonamides is 1. The van der Waals surface area contributed by atoms with Gasteiger partial charge in [0.25, 0.3) is 15.9 Å². The van der Waals surface area contributed by atoms with E-state index < -0.39 is 15.9 Å². The fourth-order valence-electron chi connectivity index (χ4n) is 3.38. The zero-order valence-corrected chi connectivity index (χ0v) is 19.1. The Kier molecular flexibility index (Phi) is 6.12. The molecule has 0 fully saturated rings. The molecule has 0 aliphatic carbocycles. The van der Waals surface area contributed by atoms with Crippen molar-refractivity contribution in [1.29, 1.82) is 0 Å². The number of rotatable bonds is 4. The van der Waals surface area contributed by atoms with Crippen molar-refractivity contribution >= 4 is 62.1 Å². The Labute approximate surface area is 194 Å². The minimum absolute atomic E-state index is 0.0881. The summed E-state index contributed by atoms with van der Waals surface area (Å²) >= 11 is 18.2. The van der Waals surface area contributed by atoms with E-state index in [2.05, 4.69) is 10.3 Å². The molecule has 0 saturated heterocycles. The maximum Gasteiger partial charge on any atom is 0.264 e. The number of aryl methyl sites for hydroxylation is 1. The second-order valence-electron chi connectivity index (χ2n) is 6.88. The number of carbonyl (C=O) groups excluding carboxylic acids is 1. The lowest BCUT2D eigenvalue weighted by molar-refractivity contribution is 0.102. The molecule has 0 radical (unpaired) electrons. The molecule has 2 aromatic carbocycles. The van der Waals surface area contributed by atoms with Gasteiger partial charge in [-0.2, -0.15) is 0 Å². The topological polar surface area (TPSA) is 79.4 Å². The third-order valence-corrected chi connectivity index (χ3v) is 7.50. The van der Waals surface area contributed by atoms with Gasteiger partial charge in [0, 0.05) is 11.6 Å². The number of halogens is 3. The van der Waals surface area contributed by atoms with Crippen LogP contribution in [0.15, 0.2) is 59.6 Å². The fraction of sp³-hybridized carbons (Fsp3) is 0.143. The predicted octanol–water partition coefficient (Wildman–Crippen LogP) is 5.44. The number of amides is 1. The van der Waals surface area contributed by atoms with Gasteiger partial charge in [-0.25, -0.2) is 8.42 Å². The van der Waals surface area contributed by atoms with Gasteiger partial charge in [0.15, 0.2) is 0 Å². The van der Waals surface area contributed by atoms with Gasteiger partial charge < -0.3 is 5.32 Å². The molecule has 0 atom stereocenters. The van der Waals surface area contributed by atoms with Crippen molar-refractivity contribution in [3.63, 3.8) is 0 Å². The summed E-state index contributed by atoms with van der Waals surface area (Å²) in [5.41, 5.74) is 1.50. The molecule has 31 heavy (non-hydrogen) atoms. The van der Waals surface area contributed by atoms with Crippen LogP contribution in [0.4, 0.5) is 11.4 Å². The molecule has 1 aliphatic heterocycles. The van der Waals surface area contributed by atoms with Gasteiger partial charge in [0.1, 0.15) is 0 Å². The van der Waals surface area contributed by atoms with Crippen LogP contribution in [-0.4, -0.2) is 25.9 Å². The van der Waals surface area contributed by atoms with E-state index in [0.29, 0.717) is 34.9 Å². The largest absolute Gasteiger partial charge is 0.320 e. The van der Waals surface area contributed by atoms with E-state index in [9.17, 15) is 13.2 Å². The van der Waals surface area contributed by atoms with Crippen molar-refractivity contribution in [2.24, 2.45) is 0 Å². The molecule has 6 nitrogen and oxygen atoms in total. The molecule has 4 rings (SSSR count). The van der Waals surface area contributed by atoms with Gasteiger partial charge in [-0.1, -0.05) is 46.9 Å². The average molecular weight is 497 g/mol. The highest BCUT2D eigenvalue weighted by molar-refractivity contribution is 7.92. The Bertz CT molecular complexity index is 1260. The Hall–Kier alpha value is -2.32. The quantitative estimate of drug-likeness (QED) is 0.522. The highest BCUT2D eigenvalue weighted by Crippen LogP contribution is 2.34. The van der Waals surface area contributed by atoms with Gasteiger partial charge in [-0.05, 0) is 49.2 Å². The summed E-state index contributed by atoms with van der Waals surface area (Å²) in [4.78, 5) is 17.2. The minimum Gasteiger partial charge on any atom is -0.320 e. The van der Waals surface area contributed by atoms with Gasteiger partial charge in [0.05, 0.1) is 43.8 Å². The van der Waals surface area contributed by atoms with Crippen LogP contribution >= 0.6 is 34.8 Å². The van der Waals surface area contributed by atoms with E-state index in [1.165, 1.54) is 22.6 Å². The molecule has 1 N–H and O–H groups in total. The number of carbonyl (C=O) groups is 1. The molecule has 1 aromatic heterocycles. The minimum atomic E-state index is -3.85. The molecule has 1 aliphatic rings. The number of hydrogen-bond donors (Lipinski definition) is 1. The third-order valence-electron chi connectivity index (χ3n) is 4.82. The fourth-order valence-corrected chi connectivity index (χ4v) is 5.77. The number of benzene rings is 2. The van der Waals surface area contributed by atoms with Gasteiger partial charge in [-0.15, -0.1) is 0 Å². The van der Waals surface area contributed by atoms with E-state index in [1.807, 2.05) is 0 Å². The maximum atomic E-state index is 13.3. The lowest BCUT2D eigenvalue weighted by Crippen LogP contribution is -2.36. The maximum absolute atomic E-state index is 13.3. The molecule has 1 amide bonds. The number of pyridine rings is 1. The highest BCUT2D eigenvalue weighted by atomic mass is 35.5. The van der Waals surface area contributed by atoms with E-state index in [4.69, 9.17) is 34.8 Å². The molecule has 0 unspecified atom stereocenters. The molecule has 10 heteroatoms. The van der Waals surface area contributed by atoms with Crippen LogP contribution in [0.3, 0.4) is 0 Å². The van der Waals surface area contributed by atoms with E-state index in [0.717, 1.165) is 0 Å². The molecular weight excluding hydrogens is 481 g/mol. The van der Waals surface area contributed by atoms with E-state index in [1.54, 1.807) is 36.4 Å². The summed E-state index contributed by atoms with van der Waals surface area (Å²) < 4.78 is 27.8. The first kappa shape index (κ1) is 21.9. The normalized spacial score (nSPS) is 13.6. The lowest BCUT2D eigenvalue weighted by Gasteiger charge is -2.30. The number of fused-ring (bicyclic) bond motifs is 1. The van der Waals surface area contributed by atoms with E-state index >= 15 is 0 Å². The summed E-state index contributed by atoms with van der Waals surface area (Å²) in [5.74, 6) is -0.516. The van der Waals surface area contributed by atoms with E-state index in [-0.39, 0.29) is 27.0 Å². The van der Waals surface area contributed by atoms with Crippen molar-refractivity contribution in [2.75, 3.05) is 16.2 Å². The summed E-state index contributed by atoms with van der Waals surface area (Å²) in [6, 6.07) is 12.5. The van der Waals surface area contributed by atoms with Crippen molar-refractivity contribution in [3.05, 3.63) is 81.1 Å². The predicted molar refractivity (Wildman–Crippen MR) is 123 cm³/mol. The summed E-state index contributed by atoms with van der Waals surface area (Å²) in [6.07, 6.45) is 2.74. The van der Waals surface area contributed by atoms with Crippen LogP contribution in [0.25, 0.3) is 0 Å². The zero-order chi connectivity index (χ0) is 22.2. The van der Waals surface area contributed by atoms with Crippen LogP contribution in [0.5, 0.6) is 0 Å². The number of anilines is 2. The first-order valence-electron chi connectivity index (χ1n) is 9.30. The average Bonchev–Trinajstić information content (AvgIpc) is 2.73. The lowest BCUT2D eigenvalue weighted by atomic mass is 10.1. The Morgan fingerprint density at radius 2 is 1.74 bits per heavy atom. The smallest absolute Gasteiger partial charge is 0.264 e. The Morgan fingerprint density at radius 3 is 2.45 bits per heavy atom. The van der Waals surface area contributed by atoms with Crippen LogP contribution in [-0.2, 0) is 16.4 Å². The second kappa shape index (κ2) is 8.67. The first-order valence-corrected chi connectivity index (χ1v) is 11.9. The van der Waals surface area contributed by atoms with Crippen molar-refractivity contribution < 1.29 is 13.2 Å². The molecule has 160 valence electrons. The van der Waals surface area contributed by atoms with Gasteiger partial charge >= 0.3 is 0 Å². The molecular formula is C21H16Cl3N3O3S. The third kappa shape index (κ3) is 4.36. The van der Waals surface area contributed by atoms with Crippen LogP contribution in [0.1, 0.15) is 22.5 Å². The van der Waals surface area contributed by atoms with Crippen molar-refractivity contribution in [3.8, 4) is 0 Å². The molecule has 2 heterocycles. The summed E-state index contributed by atoms with van der Waals surface area (Å²) in [7, 11) is -3.85. The summed E-state index contributed by atoms with van der Waals surface area (Å²) in [6.45, 7) is 0.289. The molecule has 0 spiro atoms. The van der Waals surface area contributed by atoms with Crippen LogP contribution in [0, 0.1) is 0 Å². The Balaban J connectivity index is 1.69. The molecule has 0 bridgehead atoms. The number of aromatic nitrogens is 1. The monoisotopic (exact) mass is 495 g/mol. The Morgan fingerprint density at radius 1 is 1.03 bits per heavy atom. The van der Waals surface area contributed by atoms with Gasteiger partial charge in [-0.3, -0.25) is 14.1 Å². The standard InChI is InChI=1S/C21H16Cl3N3O3S/c22-13-4-1-5-15(10-13)31(29,30)27-9-3-8-18-19(27)11-14(12-25-18)26-21(28)20-16(23)6-2-7-17(20)24/h1-2,4-7,10-12H,3,8-9H2,(H,26,28). The van der Waals surface area contributed by atoms with Crippen LogP contribution < -0.4 is 9.62 Å². The number of nitrogens with zero attached hydrogens (tertiary/aromatic N) is 2. The second-order valence-corrected chi connectivity index (χ2v) is 9.99. The first-order chi connectivity index (χ1) is 14.8. The van der Waals surface area contributed by atoms with Gasteiger partial charge in [0.2, 0.25) is 0 Å². The highest BCUT2D eigenvalue weighted by Gasteiger charge is 2.30. The SMILES string of the molecule is O=C(Nc1cnc2c(c1)N(S(=O)(=O)c1cccc(Cl)c1)CCC2)c1c(Cl)cccc1Cl.